The fourth-order valence-electron chi connectivity index (χ4n) is 4.61. The van der Waals surface area contributed by atoms with Crippen LogP contribution in [0.3, 0.4) is 0 Å². The van der Waals surface area contributed by atoms with Gasteiger partial charge in [0.2, 0.25) is 10.0 Å². The van der Waals surface area contributed by atoms with Gasteiger partial charge in [-0.1, -0.05) is 18.2 Å². The lowest BCUT2D eigenvalue weighted by atomic mass is 10.0. The predicted molar refractivity (Wildman–Crippen MR) is 129 cm³/mol. The number of sulfonamides is 1. The number of nitrogens with zero attached hydrogens (tertiary/aromatic N) is 4. The second-order valence-corrected chi connectivity index (χ2v) is 10.5. The molecule has 166 valence electrons. The highest BCUT2D eigenvalue weighted by Crippen LogP contribution is 2.33. The van der Waals surface area contributed by atoms with Gasteiger partial charge >= 0.3 is 0 Å². The molecule has 0 unspecified atom stereocenters. The zero-order valence-electron chi connectivity index (χ0n) is 18.2. The van der Waals surface area contributed by atoms with Crippen LogP contribution in [0.1, 0.15) is 12.8 Å². The predicted octanol–water partition coefficient (Wildman–Crippen LogP) is 4.57. The molecule has 5 aromatic rings. The van der Waals surface area contributed by atoms with E-state index in [0.29, 0.717) is 18.0 Å². The minimum Gasteiger partial charge on any atom is -0.346 e. The number of nitrogens with one attached hydrogen (secondary N) is 1. The lowest BCUT2D eigenvalue weighted by Gasteiger charge is -2.16. The second-order valence-electron chi connectivity index (χ2n) is 8.52. The Balaban J connectivity index is 1.43. The number of benzene rings is 2. The largest absolute Gasteiger partial charge is 0.346 e. The van der Waals surface area contributed by atoms with Crippen LogP contribution in [0.15, 0.2) is 72.1 Å². The summed E-state index contributed by atoms with van der Waals surface area (Å²) in [6.45, 7) is 1.18. The van der Waals surface area contributed by atoms with Gasteiger partial charge in [-0.3, -0.25) is 0 Å². The Kier molecular flexibility index (Phi) is 4.60. The van der Waals surface area contributed by atoms with Crippen molar-refractivity contribution in [2.45, 2.75) is 17.7 Å². The topological polar surface area (TPSA) is 83.9 Å². The Bertz CT molecular complexity index is 1610. The first kappa shape index (κ1) is 20.1. The zero-order chi connectivity index (χ0) is 22.6. The van der Waals surface area contributed by atoms with Crippen molar-refractivity contribution in [2.24, 2.45) is 7.05 Å². The average Bonchev–Trinajstić information content (AvgIpc) is 3.59. The summed E-state index contributed by atoms with van der Waals surface area (Å²) in [4.78, 5) is 12.6. The number of hydrogen-bond acceptors (Lipinski definition) is 4. The summed E-state index contributed by atoms with van der Waals surface area (Å²) in [7, 11) is -1.49. The molecule has 1 aliphatic rings. The van der Waals surface area contributed by atoms with Gasteiger partial charge in [0.1, 0.15) is 5.65 Å². The molecule has 6 rings (SSSR count). The molecule has 1 aliphatic heterocycles. The van der Waals surface area contributed by atoms with Crippen LogP contribution >= 0.6 is 0 Å². The molecule has 0 bridgehead atoms. The van der Waals surface area contributed by atoms with Gasteiger partial charge in [0, 0.05) is 49.0 Å². The molecule has 8 heteroatoms. The van der Waals surface area contributed by atoms with E-state index < -0.39 is 10.0 Å². The number of aryl methyl sites for hydroxylation is 1. The molecule has 2 aromatic carbocycles. The normalized spacial score (nSPS) is 15.1. The summed E-state index contributed by atoms with van der Waals surface area (Å²) in [5.74, 6) is 0. The number of fused-ring (bicyclic) bond motifs is 2. The highest BCUT2D eigenvalue weighted by Gasteiger charge is 2.27. The summed E-state index contributed by atoms with van der Waals surface area (Å²) in [6.07, 6.45) is 7.40. The standard InChI is InChI=1S/C25H23N5O2S/c1-29-16-28-23-8-7-18(13-24(23)29)22-15-27-25-21(22)12-19(14-26-25)17-5-4-6-20(11-17)33(31,32)30-9-2-3-10-30/h4-8,11-16H,2-3,9-10H2,1H3,(H,26,27). The number of hydrogen-bond donors (Lipinski definition) is 1. The van der Waals surface area contributed by atoms with Crippen LogP contribution in [0.5, 0.6) is 0 Å². The molecule has 3 aromatic heterocycles. The Labute approximate surface area is 191 Å². The Hall–Kier alpha value is -3.49. The van der Waals surface area contributed by atoms with E-state index in [1.165, 1.54) is 0 Å². The van der Waals surface area contributed by atoms with Crippen molar-refractivity contribution in [3.05, 3.63) is 67.3 Å². The lowest BCUT2D eigenvalue weighted by molar-refractivity contribution is 0.477. The van der Waals surface area contributed by atoms with Crippen molar-refractivity contribution >= 4 is 32.1 Å². The van der Waals surface area contributed by atoms with Crippen LogP contribution in [-0.4, -0.2) is 45.3 Å². The number of aromatic nitrogens is 4. The van der Waals surface area contributed by atoms with Crippen LogP contribution in [0.4, 0.5) is 0 Å². The van der Waals surface area contributed by atoms with E-state index in [2.05, 4.69) is 33.2 Å². The van der Waals surface area contributed by atoms with Gasteiger partial charge in [-0.25, -0.2) is 18.4 Å². The van der Waals surface area contributed by atoms with Gasteiger partial charge in [-0.15, -0.1) is 0 Å². The minimum absolute atomic E-state index is 0.331. The van der Waals surface area contributed by atoms with E-state index in [1.807, 2.05) is 36.3 Å². The molecule has 0 amide bonds. The molecule has 7 nitrogen and oxygen atoms in total. The Morgan fingerprint density at radius 2 is 1.79 bits per heavy atom. The lowest BCUT2D eigenvalue weighted by Crippen LogP contribution is -2.27. The van der Waals surface area contributed by atoms with Gasteiger partial charge in [-0.2, -0.15) is 4.31 Å². The summed E-state index contributed by atoms with van der Waals surface area (Å²) in [5, 5.41) is 0.988. The average molecular weight is 458 g/mol. The van der Waals surface area contributed by atoms with Gasteiger partial charge in [0.05, 0.1) is 22.3 Å². The highest BCUT2D eigenvalue weighted by atomic mass is 32.2. The van der Waals surface area contributed by atoms with E-state index >= 15 is 0 Å². The van der Waals surface area contributed by atoms with E-state index in [9.17, 15) is 8.42 Å². The third-order valence-electron chi connectivity index (χ3n) is 6.44. The van der Waals surface area contributed by atoms with Crippen LogP contribution < -0.4 is 0 Å². The first-order chi connectivity index (χ1) is 16.0. The van der Waals surface area contributed by atoms with Gasteiger partial charge < -0.3 is 9.55 Å². The van der Waals surface area contributed by atoms with Crippen molar-refractivity contribution in [1.29, 1.82) is 0 Å². The maximum absolute atomic E-state index is 13.0. The van der Waals surface area contributed by atoms with Gasteiger partial charge in [0.25, 0.3) is 0 Å². The quantitative estimate of drug-likeness (QED) is 0.429. The summed E-state index contributed by atoms with van der Waals surface area (Å²) < 4.78 is 29.7. The molecule has 0 saturated carbocycles. The van der Waals surface area contributed by atoms with Crippen LogP contribution in [0.2, 0.25) is 0 Å². The molecule has 0 aliphatic carbocycles. The SMILES string of the molecule is Cn1cnc2ccc(-c3c[nH]c4ncc(-c5cccc(S(=O)(=O)N6CCCC6)c5)cc34)cc21. The second kappa shape index (κ2) is 7.54. The molecule has 0 atom stereocenters. The molecule has 0 spiro atoms. The fourth-order valence-corrected chi connectivity index (χ4v) is 6.17. The van der Waals surface area contributed by atoms with E-state index in [1.54, 1.807) is 28.7 Å². The van der Waals surface area contributed by atoms with Crippen LogP contribution in [0, 0.1) is 0 Å². The molecule has 0 radical (unpaired) electrons. The van der Waals surface area contributed by atoms with Crippen molar-refractivity contribution in [2.75, 3.05) is 13.1 Å². The van der Waals surface area contributed by atoms with E-state index in [-0.39, 0.29) is 0 Å². The molecule has 4 heterocycles. The van der Waals surface area contributed by atoms with Gasteiger partial charge in [-0.05, 0) is 54.3 Å². The summed E-state index contributed by atoms with van der Waals surface area (Å²) >= 11 is 0. The van der Waals surface area contributed by atoms with Gasteiger partial charge in [0.15, 0.2) is 0 Å². The van der Waals surface area contributed by atoms with Crippen molar-refractivity contribution < 1.29 is 8.42 Å². The first-order valence-corrected chi connectivity index (χ1v) is 12.4. The molecular formula is C25H23N5O2S. The minimum atomic E-state index is -3.47. The maximum atomic E-state index is 13.0. The van der Waals surface area contributed by atoms with Crippen molar-refractivity contribution in [3.8, 4) is 22.3 Å². The zero-order valence-corrected chi connectivity index (χ0v) is 19.0. The molecule has 1 saturated heterocycles. The van der Waals surface area contributed by atoms with Crippen molar-refractivity contribution in [3.63, 3.8) is 0 Å². The summed E-state index contributed by atoms with van der Waals surface area (Å²) in [5.41, 5.74) is 6.63. The van der Waals surface area contributed by atoms with E-state index in [4.69, 9.17) is 0 Å². The Morgan fingerprint density at radius 1 is 0.939 bits per heavy atom. The number of H-pyrrole nitrogens is 1. The molecular weight excluding hydrogens is 434 g/mol. The number of imidazole rings is 1. The van der Waals surface area contributed by atoms with Crippen molar-refractivity contribution in [1.82, 2.24) is 23.8 Å². The monoisotopic (exact) mass is 457 g/mol. The third-order valence-corrected chi connectivity index (χ3v) is 8.33. The van der Waals surface area contributed by atoms with Crippen LogP contribution in [0.25, 0.3) is 44.3 Å². The summed E-state index contributed by atoms with van der Waals surface area (Å²) in [6, 6.07) is 15.4. The smallest absolute Gasteiger partial charge is 0.243 e. The number of pyridine rings is 1. The molecule has 1 fully saturated rings. The molecule has 33 heavy (non-hydrogen) atoms. The highest BCUT2D eigenvalue weighted by molar-refractivity contribution is 7.89. The van der Waals surface area contributed by atoms with Crippen LogP contribution in [-0.2, 0) is 17.1 Å². The van der Waals surface area contributed by atoms with E-state index in [0.717, 1.165) is 57.2 Å². The number of rotatable bonds is 4. The third kappa shape index (κ3) is 3.34. The fraction of sp³-hybridized carbons (Fsp3) is 0.200. The number of aromatic amines is 1. The first-order valence-electron chi connectivity index (χ1n) is 11.0. The Morgan fingerprint density at radius 3 is 2.64 bits per heavy atom. The maximum Gasteiger partial charge on any atom is 0.243 e. The molecule has 1 N–H and O–H groups in total.